The summed E-state index contributed by atoms with van der Waals surface area (Å²) in [6.07, 6.45) is 7.29. The van der Waals surface area contributed by atoms with Gasteiger partial charge in [0.2, 0.25) is 5.43 Å². The van der Waals surface area contributed by atoms with E-state index >= 15 is 0 Å². The number of carboxylic acid groups (broad SMARTS) is 1. The van der Waals surface area contributed by atoms with Crippen LogP contribution in [0.25, 0.3) is 12.2 Å². The second kappa shape index (κ2) is 5.14. The van der Waals surface area contributed by atoms with E-state index in [4.69, 9.17) is 9.84 Å². The van der Waals surface area contributed by atoms with Crippen molar-refractivity contribution in [1.29, 1.82) is 0 Å². The highest BCUT2D eigenvalue weighted by Crippen LogP contribution is 2.19. The lowest BCUT2D eigenvalue weighted by atomic mass is 9.92. The third-order valence-electron chi connectivity index (χ3n) is 3.18. The molecule has 0 aromatic carbocycles. The molecule has 1 aliphatic carbocycles. The molecule has 0 radical (unpaired) electrons. The fourth-order valence-corrected chi connectivity index (χ4v) is 2.19. The number of aromatic nitrogens is 1. The monoisotopic (exact) mass is 261 g/mol. The summed E-state index contributed by atoms with van der Waals surface area (Å²) in [5.74, 6) is -1.17. The smallest absolute Gasteiger partial charge is 0.341 e. The van der Waals surface area contributed by atoms with Crippen LogP contribution < -0.4 is 16.0 Å². The Labute approximate surface area is 109 Å². The van der Waals surface area contributed by atoms with E-state index in [9.17, 15) is 9.59 Å². The molecular weight excluding hydrogens is 246 g/mol. The number of allylic oxidation sites excluding steroid dienone is 1. The van der Waals surface area contributed by atoms with Gasteiger partial charge in [0.25, 0.3) is 0 Å². The second-order valence-corrected chi connectivity index (χ2v) is 4.34. The zero-order chi connectivity index (χ0) is 14.0. The van der Waals surface area contributed by atoms with Gasteiger partial charge in [0.15, 0.2) is 0 Å². The first-order valence-corrected chi connectivity index (χ1v) is 6.00. The zero-order valence-corrected chi connectivity index (χ0v) is 10.8. The minimum Gasteiger partial charge on any atom is -0.504 e. The average Bonchev–Trinajstić information content (AvgIpc) is 2.38. The largest absolute Gasteiger partial charge is 0.504 e. The Balaban J connectivity index is 2.75. The number of carbonyl (C=O) groups is 1. The molecule has 1 aliphatic rings. The molecule has 5 heteroatoms. The second-order valence-electron chi connectivity index (χ2n) is 4.34. The molecule has 0 fully saturated rings. The maximum Gasteiger partial charge on any atom is 0.341 e. The van der Waals surface area contributed by atoms with Crippen LogP contribution in [0.1, 0.15) is 23.7 Å². The minimum atomic E-state index is -1.22. The molecule has 2 N–H and O–H groups in total. The van der Waals surface area contributed by atoms with Crippen LogP contribution in [0.4, 0.5) is 0 Å². The SMILES string of the molecule is CCC1C=c2c([nH]cc(C(=O)O)c2=O)=CC1=COC. The van der Waals surface area contributed by atoms with E-state index in [1.54, 1.807) is 19.4 Å². The van der Waals surface area contributed by atoms with E-state index in [-0.39, 0.29) is 11.5 Å². The number of aromatic amines is 1. The lowest BCUT2D eigenvalue weighted by molar-refractivity contribution is 0.0695. The van der Waals surface area contributed by atoms with Crippen LogP contribution in [0.3, 0.4) is 0 Å². The van der Waals surface area contributed by atoms with Gasteiger partial charge in [0.1, 0.15) is 5.56 Å². The van der Waals surface area contributed by atoms with E-state index in [1.807, 2.05) is 13.0 Å². The van der Waals surface area contributed by atoms with Gasteiger partial charge in [-0.3, -0.25) is 4.79 Å². The molecule has 5 nitrogen and oxygen atoms in total. The maximum absolute atomic E-state index is 12.1. The van der Waals surface area contributed by atoms with Crippen molar-refractivity contribution >= 4 is 18.1 Å². The predicted molar refractivity (Wildman–Crippen MR) is 71.1 cm³/mol. The summed E-state index contributed by atoms with van der Waals surface area (Å²) in [5.41, 5.74) is 0.265. The number of H-pyrrole nitrogens is 1. The number of hydrogen-bond donors (Lipinski definition) is 2. The molecule has 0 aliphatic heterocycles. The molecule has 19 heavy (non-hydrogen) atoms. The van der Waals surface area contributed by atoms with Crippen LogP contribution in [-0.2, 0) is 4.74 Å². The number of aromatic carboxylic acids is 1. The molecule has 1 atom stereocenters. The number of methoxy groups -OCH3 is 1. The Kier molecular flexibility index (Phi) is 3.55. The lowest BCUT2D eigenvalue weighted by Gasteiger charge is -2.15. The van der Waals surface area contributed by atoms with Gasteiger partial charge in [0.05, 0.1) is 13.4 Å². The third-order valence-corrected chi connectivity index (χ3v) is 3.18. The fraction of sp³-hybridized carbons (Fsp3) is 0.286. The van der Waals surface area contributed by atoms with Gasteiger partial charge in [-0.1, -0.05) is 13.0 Å². The number of pyridine rings is 1. The summed E-state index contributed by atoms with van der Waals surface area (Å²) in [4.78, 5) is 25.9. The Hall–Kier alpha value is -2.30. The predicted octanol–water partition coefficient (Wildman–Crippen LogP) is 0.204. The number of rotatable bonds is 3. The van der Waals surface area contributed by atoms with Crippen LogP contribution in [0, 0.1) is 5.92 Å². The van der Waals surface area contributed by atoms with Gasteiger partial charge in [-0.05, 0) is 18.1 Å². The minimum absolute atomic E-state index is 0.0533. The standard InChI is InChI=1S/C14H15NO4/c1-3-8-4-10-12(5-9(8)7-19-2)15-6-11(13(10)16)14(17)18/h4-8,15H,3H2,1-2H3,(H,17,18). The van der Waals surface area contributed by atoms with Crippen LogP contribution in [0.5, 0.6) is 0 Å². The van der Waals surface area contributed by atoms with E-state index in [0.717, 1.165) is 12.0 Å². The lowest BCUT2D eigenvalue weighted by Crippen LogP contribution is -2.46. The summed E-state index contributed by atoms with van der Waals surface area (Å²) >= 11 is 0. The number of fused-ring (bicyclic) bond motifs is 1. The first-order chi connectivity index (χ1) is 9.08. The van der Waals surface area contributed by atoms with Gasteiger partial charge in [-0.15, -0.1) is 0 Å². The average molecular weight is 261 g/mol. The van der Waals surface area contributed by atoms with Crippen molar-refractivity contribution in [2.75, 3.05) is 7.11 Å². The van der Waals surface area contributed by atoms with Crippen molar-refractivity contribution in [3.05, 3.63) is 44.4 Å². The fourth-order valence-electron chi connectivity index (χ4n) is 2.19. The van der Waals surface area contributed by atoms with Crippen molar-refractivity contribution in [2.45, 2.75) is 13.3 Å². The molecule has 0 bridgehead atoms. The van der Waals surface area contributed by atoms with Gasteiger partial charge in [-0.25, -0.2) is 4.79 Å². The normalized spacial score (nSPS) is 19.3. The van der Waals surface area contributed by atoms with Crippen LogP contribution in [0.2, 0.25) is 0 Å². The Morgan fingerprint density at radius 2 is 2.32 bits per heavy atom. The molecule has 1 unspecified atom stereocenters. The van der Waals surface area contributed by atoms with Crippen molar-refractivity contribution in [3.63, 3.8) is 0 Å². The maximum atomic E-state index is 12.1. The molecule has 0 spiro atoms. The topological polar surface area (TPSA) is 79.4 Å². The summed E-state index contributed by atoms with van der Waals surface area (Å²) in [6.45, 7) is 2.00. The molecular formula is C14H15NO4. The molecule has 0 saturated heterocycles. The first-order valence-electron chi connectivity index (χ1n) is 6.00. The Morgan fingerprint density at radius 3 is 2.89 bits per heavy atom. The molecule has 1 heterocycles. The summed E-state index contributed by atoms with van der Waals surface area (Å²) in [6, 6.07) is 0. The van der Waals surface area contributed by atoms with Crippen LogP contribution in [0.15, 0.2) is 22.8 Å². The highest BCUT2D eigenvalue weighted by molar-refractivity contribution is 5.87. The number of hydrogen-bond acceptors (Lipinski definition) is 3. The van der Waals surface area contributed by atoms with Gasteiger partial charge >= 0.3 is 5.97 Å². The summed E-state index contributed by atoms with van der Waals surface area (Å²) in [7, 11) is 1.57. The summed E-state index contributed by atoms with van der Waals surface area (Å²) in [5, 5.41) is 9.98. The van der Waals surface area contributed by atoms with Gasteiger partial charge < -0.3 is 14.8 Å². The quantitative estimate of drug-likeness (QED) is 0.762. The molecule has 0 amide bonds. The molecule has 100 valence electrons. The number of nitrogens with one attached hydrogen (secondary N) is 1. The van der Waals surface area contributed by atoms with Crippen molar-refractivity contribution in [1.82, 2.24) is 4.98 Å². The highest BCUT2D eigenvalue weighted by atomic mass is 16.5. The zero-order valence-electron chi connectivity index (χ0n) is 10.8. The van der Waals surface area contributed by atoms with E-state index < -0.39 is 11.4 Å². The highest BCUT2D eigenvalue weighted by Gasteiger charge is 2.16. The van der Waals surface area contributed by atoms with Gasteiger partial charge in [0, 0.05) is 22.7 Å². The van der Waals surface area contributed by atoms with Crippen molar-refractivity contribution < 1.29 is 14.6 Å². The third kappa shape index (κ3) is 2.31. The molecule has 1 aromatic heterocycles. The van der Waals surface area contributed by atoms with E-state index in [0.29, 0.717) is 10.6 Å². The van der Waals surface area contributed by atoms with Crippen molar-refractivity contribution in [3.8, 4) is 0 Å². The molecule has 0 saturated carbocycles. The van der Waals surface area contributed by atoms with Gasteiger partial charge in [-0.2, -0.15) is 0 Å². The number of ether oxygens (including phenoxy) is 1. The van der Waals surface area contributed by atoms with E-state index in [1.165, 1.54) is 6.20 Å². The van der Waals surface area contributed by atoms with Crippen LogP contribution in [-0.4, -0.2) is 23.2 Å². The van der Waals surface area contributed by atoms with Crippen LogP contribution >= 0.6 is 0 Å². The summed E-state index contributed by atoms with van der Waals surface area (Å²) < 4.78 is 5.02. The first kappa shape index (κ1) is 13.1. The number of carboxylic acids is 1. The molecule has 2 rings (SSSR count). The van der Waals surface area contributed by atoms with Crippen molar-refractivity contribution in [2.24, 2.45) is 5.92 Å². The Bertz CT molecular complexity index is 712. The molecule has 1 aromatic rings. The Morgan fingerprint density at radius 1 is 1.58 bits per heavy atom. The van der Waals surface area contributed by atoms with E-state index in [2.05, 4.69) is 4.98 Å².